The van der Waals surface area contributed by atoms with Gasteiger partial charge in [-0.2, -0.15) is 0 Å². The number of carbonyl (C=O) groups excluding carboxylic acids is 1. The van der Waals surface area contributed by atoms with Gasteiger partial charge >= 0.3 is 0 Å². The van der Waals surface area contributed by atoms with Crippen LogP contribution in [-0.4, -0.2) is 37.1 Å². The average Bonchev–Trinajstić information content (AvgIpc) is 2.61. The van der Waals surface area contributed by atoms with Gasteiger partial charge in [0.1, 0.15) is 6.61 Å². The first-order valence-electron chi connectivity index (χ1n) is 8.70. The third-order valence-corrected chi connectivity index (χ3v) is 5.04. The fourth-order valence-corrected chi connectivity index (χ4v) is 3.64. The standard InChI is InChI=1S/C20H25NO2/c1-2-13-23-15-16-9-11-21(12-10-16)20(22)19-8-7-17-5-3-4-6-18(17)14-19/h1,7-8,14,16H,3-6,9-13,15H2. The second-order valence-corrected chi connectivity index (χ2v) is 6.65. The molecule has 1 amide bonds. The number of benzene rings is 1. The van der Waals surface area contributed by atoms with E-state index < -0.39 is 0 Å². The molecule has 3 nitrogen and oxygen atoms in total. The number of terminal acetylenes is 1. The second-order valence-electron chi connectivity index (χ2n) is 6.65. The lowest BCUT2D eigenvalue weighted by atomic mass is 9.90. The fraction of sp³-hybridized carbons (Fsp3) is 0.550. The predicted octanol–water partition coefficient (Wildman–Crippen LogP) is 3.07. The van der Waals surface area contributed by atoms with Crippen LogP contribution in [0.1, 0.15) is 47.2 Å². The van der Waals surface area contributed by atoms with Crippen molar-refractivity contribution in [1.29, 1.82) is 0 Å². The van der Waals surface area contributed by atoms with E-state index in [9.17, 15) is 4.79 Å². The number of carbonyl (C=O) groups is 1. The molecule has 1 aromatic carbocycles. The van der Waals surface area contributed by atoms with Crippen molar-refractivity contribution < 1.29 is 9.53 Å². The van der Waals surface area contributed by atoms with E-state index >= 15 is 0 Å². The summed E-state index contributed by atoms with van der Waals surface area (Å²) >= 11 is 0. The van der Waals surface area contributed by atoms with Gasteiger partial charge in [0.25, 0.3) is 5.91 Å². The highest BCUT2D eigenvalue weighted by molar-refractivity contribution is 5.94. The summed E-state index contributed by atoms with van der Waals surface area (Å²) in [7, 11) is 0. The third kappa shape index (κ3) is 3.95. The van der Waals surface area contributed by atoms with Gasteiger partial charge in [-0.3, -0.25) is 4.79 Å². The molecule has 0 atom stereocenters. The fourth-order valence-electron chi connectivity index (χ4n) is 3.64. The minimum absolute atomic E-state index is 0.182. The summed E-state index contributed by atoms with van der Waals surface area (Å²) in [4.78, 5) is 14.7. The SMILES string of the molecule is C#CCOCC1CCN(C(=O)c2ccc3c(c2)CCCC3)CC1. The van der Waals surface area contributed by atoms with Gasteiger partial charge in [0, 0.05) is 18.7 Å². The summed E-state index contributed by atoms with van der Waals surface area (Å²) in [5.74, 6) is 3.20. The summed E-state index contributed by atoms with van der Waals surface area (Å²) in [6, 6.07) is 6.29. The maximum atomic E-state index is 12.7. The van der Waals surface area contributed by atoms with Crippen LogP contribution < -0.4 is 0 Å². The molecule has 0 radical (unpaired) electrons. The van der Waals surface area contributed by atoms with Gasteiger partial charge in [-0.15, -0.1) is 6.42 Å². The van der Waals surface area contributed by atoms with Crippen molar-refractivity contribution >= 4 is 5.91 Å². The van der Waals surface area contributed by atoms with Crippen molar-refractivity contribution in [2.45, 2.75) is 38.5 Å². The summed E-state index contributed by atoms with van der Waals surface area (Å²) in [5.41, 5.74) is 3.66. The van der Waals surface area contributed by atoms with Gasteiger partial charge in [0.15, 0.2) is 0 Å². The molecular formula is C20H25NO2. The van der Waals surface area contributed by atoms with Gasteiger partial charge < -0.3 is 9.64 Å². The minimum Gasteiger partial charge on any atom is -0.369 e. The van der Waals surface area contributed by atoms with Crippen LogP contribution in [0.15, 0.2) is 18.2 Å². The van der Waals surface area contributed by atoms with Crippen molar-refractivity contribution in [1.82, 2.24) is 4.90 Å². The van der Waals surface area contributed by atoms with E-state index in [-0.39, 0.29) is 5.91 Å². The number of aryl methyl sites for hydroxylation is 2. The maximum Gasteiger partial charge on any atom is 0.253 e. The minimum atomic E-state index is 0.182. The lowest BCUT2D eigenvalue weighted by molar-refractivity contribution is 0.0582. The number of amides is 1. The molecule has 1 aliphatic carbocycles. The van der Waals surface area contributed by atoms with Crippen LogP contribution in [0, 0.1) is 18.3 Å². The summed E-state index contributed by atoms with van der Waals surface area (Å²) in [6.07, 6.45) is 12.0. The van der Waals surface area contributed by atoms with E-state index in [4.69, 9.17) is 11.2 Å². The first-order valence-corrected chi connectivity index (χ1v) is 8.70. The number of ether oxygens (including phenoxy) is 1. The van der Waals surface area contributed by atoms with Crippen LogP contribution in [0.4, 0.5) is 0 Å². The van der Waals surface area contributed by atoms with E-state index in [1.54, 1.807) is 0 Å². The number of likely N-dealkylation sites (tertiary alicyclic amines) is 1. The lowest BCUT2D eigenvalue weighted by Crippen LogP contribution is -2.39. The van der Waals surface area contributed by atoms with Crippen molar-refractivity contribution in [2.24, 2.45) is 5.92 Å². The summed E-state index contributed by atoms with van der Waals surface area (Å²) in [5, 5.41) is 0. The number of piperidine rings is 1. The Morgan fingerprint density at radius 1 is 1.22 bits per heavy atom. The van der Waals surface area contributed by atoms with Crippen molar-refractivity contribution in [3.63, 3.8) is 0 Å². The normalized spacial score (nSPS) is 18.3. The molecule has 0 unspecified atom stereocenters. The molecule has 0 bridgehead atoms. The number of hydrogen-bond acceptors (Lipinski definition) is 2. The number of rotatable bonds is 4. The molecule has 1 heterocycles. The second kappa shape index (κ2) is 7.66. The Morgan fingerprint density at radius 2 is 1.96 bits per heavy atom. The quantitative estimate of drug-likeness (QED) is 0.632. The molecule has 0 N–H and O–H groups in total. The topological polar surface area (TPSA) is 29.5 Å². The first kappa shape index (κ1) is 16.1. The van der Waals surface area contributed by atoms with Crippen LogP contribution >= 0.6 is 0 Å². The molecule has 1 aliphatic heterocycles. The van der Waals surface area contributed by atoms with E-state index in [1.807, 2.05) is 11.0 Å². The van der Waals surface area contributed by atoms with Crippen LogP contribution in [0.2, 0.25) is 0 Å². The summed E-state index contributed by atoms with van der Waals surface area (Å²) in [6.45, 7) is 2.74. The van der Waals surface area contributed by atoms with E-state index in [0.29, 0.717) is 19.1 Å². The Morgan fingerprint density at radius 3 is 2.70 bits per heavy atom. The molecule has 2 aliphatic rings. The van der Waals surface area contributed by atoms with Crippen LogP contribution in [0.5, 0.6) is 0 Å². The number of nitrogens with zero attached hydrogens (tertiary/aromatic N) is 1. The molecule has 0 spiro atoms. The first-order chi connectivity index (χ1) is 11.3. The van der Waals surface area contributed by atoms with Crippen LogP contribution in [0.3, 0.4) is 0 Å². The number of fused-ring (bicyclic) bond motifs is 1. The molecular weight excluding hydrogens is 286 g/mol. The molecule has 1 fully saturated rings. The predicted molar refractivity (Wildman–Crippen MR) is 91.4 cm³/mol. The van der Waals surface area contributed by atoms with Gasteiger partial charge in [0.05, 0.1) is 6.61 Å². The molecule has 3 rings (SSSR count). The zero-order chi connectivity index (χ0) is 16.1. The van der Waals surface area contributed by atoms with Crippen LogP contribution in [0.25, 0.3) is 0 Å². The highest BCUT2D eigenvalue weighted by Gasteiger charge is 2.24. The zero-order valence-corrected chi connectivity index (χ0v) is 13.7. The highest BCUT2D eigenvalue weighted by Crippen LogP contribution is 2.24. The smallest absolute Gasteiger partial charge is 0.253 e. The van der Waals surface area contributed by atoms with Gasteiger partial charge in [-0.05, 0) is 67.7 Å². The molecule has 3 heteroatoms. The van der Waals surface area contributed by atoms with Gasteiger partial charge in [-0.1, -0.05) is 12.0 Å². The molecule has 1 saturated heterocycles. The molecule has 23 heavy (non-hydrogen) atoms. The number of hydrogen-bond donors (Lipinski definition) is 0. The van der Waals surface area contributed by atoms with Crippen molar-refractivity contribution in [3.8, 4) is 12.3 Å². The van der Waals surface area contributed by atoms with Crippen molar-refractivity contribution in [2.75, 3.05) is 26.3 Å². The Bertz CT molecular complexity index is 594. The van der Waals surface area contributed by atoms with Gasteiger partial charge in [0.2, 0.25) is 0 Å². The van der Waals surface area contributed by atoms with Crippen molar-refractivity contribution in [3.05, 3.63) is 34.9 Å². The molecule has 122 valence electrons. The average molecular weight is 311 g/mol. The Balaban J connectivity index is 1.56. The molecule has 0 aromatic heterocycles. The van der Waals surface area contributed by atoms with Crippen LogP contribution in [-0.2, 0) is 17.6 Å². The van der Waals surface area contributed by atoms with E-state index in [1.165, 1.54) is 24.0 Å². The van der Waals surface area contributed by atoms with E-state index in [2.05, 4.69) is 18.1 Å². The Kier molecular flexibility index (Phi) is 5.35. The van der Waals surface area contributed by atoms with E-state index in [0.717, 1.165) is 44.3 Å². The monoisotopic (exact) mass is 311 g/mol. The Labute approximate surface area is 139 Å². The summed E-state index contributed by atoms with van der Waals surface area (Å²) < 4.78 is 5.43. The molecule has 0 saturated carbocycles. The largest absolute Gasteiger partial charge is 0.369 e. The molecule has 1 aromatic rings. The zero-order valence-electron chi connectivity index (χ0n) is 13.7. The third-order valence-electron chi connectivity index (χ3n) is 5.04. The lowest BCUT2D eigenvalue weighted by Gasteiger charge is -2.32. The Hall–Kier alpha value is -1.79. The van der Waals surface area contributed by atoms with Gasteiger partial charge in [-0.25, -0.2) is 0 Å². The maximum absolute atomic E-state index is 12.7. The highest BCUT2D eigenvalue weighted by atomic mass is 16.5.